The first-order valence-electron chi connectivity index (χ1n) is 8.52. The molecule has 2 N–H and O–H groups in total. The summed E-state index contributed by atoms with van der Waals surface area (Å²) in [6.07, 6.45) is 0. The Labute approximate surface area is 198 Å². The minimum absolute atomic E-state index is 0.167. The second-order valence-electron chi connectivity index (χ2n) is 6.13. The van der Waals surface area contributed by atoms with Crippen LogP contribution in [0.4, 0.5) is 10.8 Å². The molecule has 0 saturated heterocycles. The van der Waals surface area contributed by atoms with E-state index in [4.69, 9.17) is 0 Å². The molecule has 0 aliphatic heterocycles. The van der Waals surface area contributed by atoms with Gasteiger partial charge in [-0.2, -0.15) is 0 Å². The van der Waals surface area contributed by atoms with E-state index in [9.17, 15) is 9.59 Å². The van der Waals surface area contributed by atoms with Crippen molar-refractivity contribution < 1.29 is 9.59 Å². The summed E-state index contributed by atoms with van der Waals surface area (Å²) >= 11 is 5.72. The van der Waals surface area contributed by atoms with Gasteiger partial charge < -0.3 is 5.32 Å². The first kappa shape index (κ1) is 20.2. The van der Waals surface area contributed by atoms with Gasteiger partial charge in [-0.1, -0.05) is 23.5 Å². The maximum Gasteiger partial charge on any atom is 0.257 e. The number of carbonyl (C=O) groups excluding carboxylic acids is 2. The Bertz CT molecular complexity index is 1180. The Morgan fingerprint density at radius 1 is 0.793 bits per heavy atom. The number of anilines is 2. The van der Waals surface area contributed by atoms with Crippen LogP contribution in [0.15, 0.2) is 66.7 Å². The smallest absolute Gasteiger partial charge is 0.257 e. The normalized spacial score (nSPS) is 10.7. The molecule has 4 aromatic rings. The number of amides is 2. The lowest BCUT2D eigenvalue weighted by atomic mass is 10.2. The Balaban J connectivity index is 1.51. The fourth-order valence-corrected chi connectivity index (χ4v) is 4.67. The molecular weight excluding hydrogens is 612 g/mol. The molecule has 0 saturated carbocycles. The zero-order chi connectivity index (χ0) is 20.4. The van der Waals surface area contributed by atoms with Crippen LogP contribution >= 0.6 is 56.5 Å². The summed E-state index contributed by atoms with van der Waals surface area (Å²) in [7, 11) is 0. The van der Waals surface area contributed by atoms with Crippen molar-refractivity contribution in [3.8, 4) is 0 Å². The molecule has 0 spiro atoms. The zero-order valence-electron chi connectivity index (χ0n) is 14.8. The van der Waals surface area contributed by atoms with Gasteiger partial charge in [0.1, 0.15) is 0 Å². The van der Waals surface area contributed by atoms with Crippen LogP contribution in [0.3, 0.4) is 0 Å². The van der Waals surface area contributed by atoms with Crippen molar-refractivity contribution in [2.24, 2.45) is 0 Å². The van der Waals surface area contributed by atoms with Crippen molar-refractivity contribution in [2.45, 2.75) is 0 Å². The Kier molecular flexibility index (Phi) is 6.11. The van der Waals surface area contributed by atoms with E-state index >= 15 is 0 Å². The number of fused-ring (bicyclic) bond motifs is 1. The molecule has 1 aromatic heterocycles. The quantitative estimate of drug-likeness (QED) is 0.273. The standard InChI is InChI=1S/C21H13I2N3O2S/c22-14-5-1-3-12(9-14)19(27)24-16-7-8-17-18(11-16)29-21(25-17)26-20(28)13-4-2-6-15(23)10-13/h1-11H,(H,24,27)(H,25,26,28). The van der Waals surface area contributed by atoms with Crippen LogP contribution < -0.4 is 10.6 Å². The summed E-state index contributed by atoms with van der Waals surface area (Å²) in [6, 6.07) is 20.3. The van der Waals surface area contributed by atoms with Crippen LogP contribution in [0.5, 0.6) is 0 Å². The SMILES string of the molecule is O=C(Nc1ccc2nc(NC(=O)c3cccc(I)c3)sc2c1)c1cccc(I)c1. The number of thiazole rings is 1. The lowest BCUT2D eigenvalue weighted by Gasteiger charge is -2.05. The molecule has 2 amide bonds. The van der Waals surface area contributed by atoms with E-state index < -0.39 is 0 Å². The second kappa shape index (κ2) is 8.76. The predicted molar refractivity (Wildman–Crippen MR) is 134 cm³/mol. The summed E-state index contributed by atoms with van der Waals surface area (Å²) in [6.45, 7) is 0. The van der Waals surface area contributed by atoms with Gasteiger partial charge in [-0.3, -0.25) is 14.9 Å². The molecule has 5 nitrogen and oxygen atoms in total. The molecule has 0 atom stereocenters. The van der Waals surface area contributed by atoms with E-state index in [1.807, 2.05) is 48.5 Å². The van der Waals surface area contributed by atoms with Gasteiger partial charge in [-0.05, 0) is 99.8 Å². The van der Waals surface area contributed by atoms with Gasteiger partial charge in [0.05, 0.1) is 10.2 Å². The summed E-state index contributed by atoms with van der Waals surface area (Å²) < 4.78 is 2.87. The van der Waals surface area contributed by atoms with Gasteiger partial charge in [0.15, 0.2) is 5.13 Å². The third-order valence-corrected chi connectivity index (χ3v) is 6.32. The van der Waals surface area contributed by atoms with Gasteiger partial charge in [0.2, 0.25) is 0 Å². The third kappa shape index (κ3) is 4.93. The zero-order valence-corrected chi connectivity index (χ0v) is 19.9. The average molecular weight is 625 g/mol. The molecule has 1 heterocycles. The number of nitrogens with one attached hydrogen (secondary N) is 2. The van der Waals surface area contributed by atoms with E-state index in [1.165, 1.54) is 11.3 Å². The summed E-state index contributed by atoms with van der Waals surface area (Å²) in [4.78, 5) is 29.3. The van der Waals surface area contributed by atoms with Crippen LogP contribution in [-0.2, 0) is 0 Å². The molecule has 144 valence electrons. The van der Waals surface area contributed by atoms with Crippen molar-refractivity contribution in [1.82, 2.24) is 4.98 Å². The monoisotopic (exact) mass is 625 g/mol. The lowest BCUT2D eigenvalue weighted by Crippen LogP contribution is -2.11. The van der Waals surface area contributed by atoms with Crippen LogP contribution in [0, 0.1) is 7.14 Å². The second-order valence-corrected chi connectivity index (χ2v) is 9.65. The molecule has 3 aromatic carbocycles. The minimum atomic E-state index is -0.199. The molecule has 0 unspecified atom stereocenters. The van der Waals surface area contributed by atoms with Crippen molar-refractivity contribution in [3.63, 3.8) is 0 Å². The van der Waals surface area contributed by atoms with Gasteiger partial charge >= 0.3 is 0 Å². The predicted octanol–water partition coefficient (Wildman–Crippen LogP) is 6.01. The largest absolute Gasteiger partial charge is 0.322 e. The van der Waals surface area contributed by atoms with Crippen LogP contribution in [0.25, 0.3) is 10.2 Å². The van der Waals surface area contributed by atoms with Crippen LogP contribution in [0.1, 0.15) is 20.7 Å². The average Bonchev–Trinajstić information content (AvgIpc) is 3.09. The highest BCUT2D eigenvalue weighted by atomic mass is 127. The Hall–Kier alpha value is -2.05. The molecule has 0 fully saturated rings. The molecule has 4 rings (SSSR count). The molecule has 0 aliphatic rings. The highest BCUT2D eigenvalue weighted by Gasteiger charge is 2.12. The van der Waals surface area contributed by atoms with Crippen LogP contribution in [0.2, 0.25) is 0 Å². The number of rotatable bonds is 4. The van der Waals surface area contributed by atoms with Gasteiger partial charge in [-0.25, -0.2) is 4.98 Å². The van der Waals surface area contributed by atoms with Crippen LogP contribution in [-0.4, -0.2) is 16.8 Å². The first-order chi connectivity index (χ1) is 14.0. The van der Waals surface area contributed by atoms with Crippen molar-refractivity contribution in [2.75, 3.05) is 10.6 Å². The summed E-state index contributed by atoms with van der Waals surface area (Å²) in [5, 5.41) is 6.27. The maximum absolute atomic E-state index is 12.5. The van der Waals surface area contributed by atoms with Gasteiger partial charge in [0.25, 0.3) is 11.8 Å². The Morgan fingerprint density at radius 3 is 2.03 bits per heavy atom. The molecule has 8 heteroatoms. The topological polar surface area (TPSA) is 71.1 Å². The van der Waals surface area contributed by atoms with E-state index in [2.05, 4.69) is 60.8 Å². The molecule has 0 aliphatic carbocycles. The van der Waals surface area contributed by atoms with Gasteiger partial charge in [0, 0.05) is 24.0 Å². The van der Waals surface area contributed by atoms with Crippen molar-refractivity contribution in [3.05, 3.63) is 85.0 Å². The van der Waals surface area contributed by atoms with E-state index in [0.717, 1.165) is 17.4 Å². The Morgan fingerprint density at radius 2 is 1.41 bits per heavy atom. The molecule has 0 radical (unpaired) electrons. The number of carbonyl (C=O) groups is 2. The fraction of sp³-hybridized carbons (Fsp3) is 0. The number of aromatic nitrogens is 1. The number of hydrogen-bond acceptors (Lipinski definition) is 4. The number of halogens is 2. The highest BCUT2D eigenvalue weighted by molar-refractivity contribution is 14.1. The minimum Gasteiger partial charge on any atom is -0.322 e. The van der Waals surface area contributed by atoms with Crippen molar-refractivity contribution >= 4 is 89.4 Å². The molecular formula is C21H13I2N3O2S. The summed E-state index contributed by atoms with van der Waals surface area (Å²) in [5.74, 6) is -0.366. The molecule has 29 heavy (non-hydrogen) atoms. The maximum atomic E-state index is 12.5. The third-order valence-electron chi connectivity index (χ3n) is 4.04. The van der Waals surface area contributed by atoms with Crippen molar-refractivity contribution in [1.29, 1.82) is 0 Å². The number of hydrogen-bond donors (Lipinski definition) is 2. The van der Waals surface area contributed by atoms with E-state index in [0.29, 0.717) is 21.9 Å². The molecule has 0 bridgehead atoms. The van der Waals surface area contributed by atoms with E-state index in [1.54, 1.807) is 18.2 Å². The van der Waals surface area contributed by atoms with Gasteiger partial charge in [-0.15, -0.1) is 0 Å². The highest BCUT2D eigenvalue weighted by Crippen LogP contribution is 2.29. The van der Waals surface area contributed by atoms with E-state index in [-0.39, 0.29) is 11.8 Å². The number of benzene rings is 3. The fourth-order valence-electron chi connectivity index (χ4n) is 2.69. The first-order valence-corrected chi connectivity index (χ1v) is 11.5. The number of nitrogens with zero attached hydrogens (tertiary/aromatic N) is 1. The lowest BCUT2D eigenvalue weighted by molar-refractivity contribution is 0.101. The summed E-state index contributed by atoms with van der Waals surface area (Å²) in [5.41, 5.74) is 2.63.